The van der Waals surface area contributed by atoms with Crippen molar-refractivity contribution < 1.29 is 13.2 Å². The number of imidazole rings is 1. The number of anilines is 1. The minimum atomic E-state index is -4.08. The van der Waals surface area contributed by atoms with E-state index in [4.69, 9.17) is 5.73 Å². The van der Waals surface area contributed by atoms with Crippen LogP contribution in [0, 0.1) is 6.92 Å². The van der Waals surface area contributed by atoms with Gasteiger partial charge >= 0.3 is 6.18 Å². The van der Waals surface area contributed by atoms with Crippen LogP contribution in [-0.2, 0) is 6.54 Å². The maximum Gasteiger partial charge on any atom is 0.389 e. The zero-order valence-corrected chi connectivity index (χ0v) is 10.7. The van der Waals surface area contributed by atoms with Crippen molar-refractivity contribution >= 4 is 17.0 Å². The number of rotatable bonds is 4. The van der Waals surface area contributed by atoms with Crippen LogP contribution in [0.1, 0.15) is 24.8 Å². The van der Waals surface area contributed by atoms with Crippen LogP contribution < -0.4 is 5.73 Å². The number of alkyl halides is 3. The van der Waals surface area contributed by atoms with Gasteiger partial charge in [0.1, 0.15) is 0 Å². The molecule has 0 fully saturated rings. The molecule has 0 saturated carbocycles. The minimum absolute atomic E-state index is 0.106. The molecular weight excluding hydrogens is 255 g/mol. The maximum atomic E-state index is 12.1. The summed E-state index contributed by atoms with van der Waals surface area (Å²) in [6.07, 6.45) is -4.30. The van der Waals surface area contributed by atoms with Gasteiger partial charge in [0, 0.05) is 13.0 Å². The quantitative estimate of drug-likeness (QED) is 0.862. The van der Waals surface area contributed by atoms with E-state index in [-0.39, 0.29) is 6.42 Å². The summed E-state index contributed by atoms with van der Waals surface area (Å²) >= 11 is 0. The standard InChI is InChI=1S/C13H16F3N3/c1-9-5-4-6-10-11(9)18-12(17)19(10)8-3-2-7-13(14,15)16/h4-6H,2-3,7-8H2,1H3,(H2,17,18). The van der Waals surface area contributed by atoms with E-state index < -0.39 is 12.6 Å². The van der Waals surface area contributed by atoms with Gasteiger partial charge in [-0.15, -0.1) is 0 Å². The van der Waals surface area contributed by atoms with Crippen molar-refractivity contribution in [3.63, 3.8) is 0 Å². The normalized spacial score (nSPS) is 12.2. The van der Waals surface area contributed by atoms with Crippen LogP contribution in [0.25, 0.3) is 11.0 Å². The summed E-state index contributed by atoms with van der Waals surface area (Å²) in [7, 11) is 0. The highest BCUT2D eigenvalue weighted by molar-refractivity contribution is 5.81. The number of aromatic nitrogens is 2. The third kappa shape index (κ3) is 3.19. The molecule has 1 aromatic carbocycles. The molecule has 0 atom stereocenters. The lowest BCUT2D eigenvalue weighted by atomic mass is 10.2. The fourth-order valence-corrected chi connectivity index (χ4v) is 2.14. The predicted molar refractivity (Wildman–Crippen MR) is 68.8 cm³/mol. The SMILES string of the molecule is Cc1cccc2c1nc(N)n2CCCCC(F)(F)F. The number of nitrogens with zero attached hydrogens (tertiary/aromatic N) is 2. The first-order chi connectivity index (χ1) is 8.88. The molecule has 0 saturated heterocycles. The lowest BCUT2D eigenvalue weighted by molar-refractivity contribution is -0.135. The Bertz CT molecular complexity index is 572. The van der Waals surface area contributed by atoms with Crippen LogP contribution >= 0.6 is 0 Å². The summed E-state index contributed by atoms with van der Waals surface area (Å²) < 4.78 is 38.0. The smallest absolute Gasteiger partial charge is 0.369 e. The van der Waals surface area contributed by atoms with E-state index in [0.29, 0.717) is 18.9 Å². The van der Waals surface area contributed by atoms with E-state index in [1.54, 1.807) is 4.57 Å². The number of unbranched alkanes of at least 4 members (excludes halogenated alkanes) is 1. The molecule has 19 heavy (non-hydrogen) atoms. The lowest BCUT2D eigenvalue weighted by Crippen LogP contribution is -2.08. The molecule has 0 aliphatic heterocycles. The number of aryl methyl sites for hydroxylation is 2. The van der Waals surface area contributed by atoms with Gasteiger partial charge in [-0.1, -0.05) is 12.1 Å². The van der Waals surface area contributed by atoms with Crippen LogP contribution in [-0.4, -0.2) is 15.7 Å². The second kappa shape index (κ2) is 5.11. The molecule has 2 aromatic rings. The molecule has 0 unspecified atom stereocenters. The summed E-state index contributed by atoms with van der Waals surface area (Å²) in [4.78, 5) is 4.26. The number of para-hydroxylation sites is 1. The van der Waals surface area contributed by atoms with Crippen molar-refractivity contribution in [3.8, 4) is 0 Å². The minimum Gasteiger partial charge on any atom is -0.369 e. The second-order valence-electron chi connectivity index (χ2n) is 4.64. The van der Waals surface area contributed by atoms with E-state index in [1.807, 2.05) is 25.1 Å². The molecule has 3 nitrogen and oxygen atoms in total. The molecule has 0 radical (unpaired) electrons. The maximum absolute atomic E-state index is 12.1. The van der Waals surface area contributed by atoms with Gasteiger partial charge in [-0.05, 0) is 31.4 Å². The van der Waals surface area contributed by atoms with Crippen molar-refractivity contribution in [1.29, 1.82) is 0 Å². The van der Waals surface area contributed by atoms with Gasteiger partial charge in [0.15, 0.2) is 0 Å². The fourth-order valence-electron chi connectivity index (χ4n) is 2.14. The first-order valence-electron chi connectivity index (χ1n) is 6.16. The first-order valence-corrected chi connectivity index (χ1v) is 6.16. The number of halogens is 3. The highest BCUT2D eigenvalue weighted by atomic mass is 19.4. The number of benzene rings is 1. The zero-order chi connectivity index (χ0) is 14.0. The van der Waals surface area contributed by atoms with Crippen LogP contribution in [0.15, 0.2) is 18.2 Å². The Morgan fingerprint density at radius 3 is 2.68 bits per heavy atom. The fraction of sp³-hybridized carbons (Fsp3) is 0.462. The predicted octanol–water partition coefficient (Wildman–Crippen LogP) is 3.66. The van der Waals surface area contributed by atoms with Crippen molar-refractivity contribution in [2.75, 3.05) is 5.73 Å². The van der Waals surface area contributed by atoms with Gasteiger partial charge in [0.25, 0.3) is 0 Å². The molecule has 0 amide bonds. The molecule has 0 aliphatic carbocycles. The van der Waals surface area contributed by atoms with Crippen molar-refractivity contribution in [1.82, 2.24) is 9.55 Å². The number of nitrogens with two attached hydrogens (primary N) is 1. The molecule has 0 aliphatic rings. The number of nitrogen functional groups attached to an aromatic ring is 1. The summed E-state index contributed by atoms with van der Waals surface area (Å²) in [5.74, 6) is 0.358. The van der Waals surface area contributed by atoms with Crippen molar-refractivity contribution in [2.45, 2.75) is 38.9 Å². The van der Waals surface area contributed by atoms with Crippen molar-refractivity contribution in [2.24, 2.45) is 0 Å². The third-order valence-corrected chi connectivity index (χ3v) is 3.10. The Kier molecular flexibility index (Phi) is 3.68. The van der Waals surface area contributed by atoms with Crippen molar-refractivity contribution in [3.05, 3.63) is 23.8 Å². The zero-order valence-electron chi connectivity index (χ0n) is 10.7. The molecular formula is C13H16F3N3. The Morgan fingerprint density at radius 1 is 1.26 bits per heavy atom. The average Bonchev–Trinajstić information content (AvgIpc) is 2.62. The van der Waals surface area contributed by atoms with Gasteiger partial charge < -0.3 is 10.3 Å². The Labute approximate surface area is 109 Å². The summed E-state index contributed by atoms with van der Waals surface area (Å²) in [6.45, 7) is 2.39. The first kappa shape index (κ1) is 13.7. The van der Waals surface area contributed by atoms with Gasteiger partial charge in [-0.3, -0.25) is 0 Å². The van der Waals surface area contributed by atoms with Gasteiger partial charge in [-0.2, -0.15) is 13.2 Å². The molecule has 1 heterocycles. The Hall–Kier alpha value is -1.72. The van der Waals surface area contributed by atoms with E-state index in [1.165, 1.54) is 0 Å². The molecule has 0 spiro atoms. The second-order valence-corrected chi connectivity index (χ2v) is 4.64. The van der Waals surface area contributed by atoms with E-state index in [0.717, 1.165) is 16.6 Å². The van der Waals surface area contributed by atoms with Gasteiger partial charge in [-0.25, -0.2) is 4.98 Å². The molecule has 0 bridgehead atoms. The largest absolute Gasteiger partial charge is 0.389 e. The highest BCUT2D eigenvalue weighted by Crippen LogP contribution is 2.24. The van der Waals surface area contributed by atoms with Crippen LogP contribution in [0.3, 0.4) is 0 Å². The Morgan fingerprint density at radius 2 is 2.00 bits per heavy atom. The number of fused-ring (bicyclic) bond motifs is 1. The third-order valence-electron chi connectivity index (χ3n) is 3.10. The lowest BCUT2D eigenvalue weighted by Gasteiger charge is -2.08. The van der Waals surface area contributed by atoms with Crippen LogP contribution in [0.2, 0.25) is 0 Å². The van der Waals surface area contributed by atoms with Gasteiger partial charge in [0.2, 0.25) is 5.95 Å². The molecule has 2 N–H and O–H groups in total. The summed E-state index contributed by atoms with van der Waals surface area (Å²) in [5, 5.41) is 0. The van der Waals surface area contributed by atoms with Crippen LogP contribution in [0.4, 0.5) is 19.1 Å². The molecule has 104 valence electrons. The Balaban J connectivity index is 2.09. The number of hydrogen-bond donors (Lipinski definition) is 1. The summed E-state index contributed by atoms with van der Waals surface area (Å²) in [5.41, 5.74) is 8.53. The molecule has 2 rings (SSSR count). The van der Waals surface area contributed by atoms with Gasteiger partial charge in [0.05, 0.1) is 11.0 Å². The molecule has 6 heteroatoms. The summed E-state index contributed by atoms with van der Waals surface area (Å²) in [6, 6.07) is 5.71. The average molecular weight is 271 g/mol. The van der Waals surface area contributed by atoms with E-state index in [9.17, 15) is 13.2 Å². The highest BCUT2D eigenvalue weighted by Gasteiger charge is 2.25. The topological polar surface area (TPSA) is 43.8 Å². The monoisotopic (exact) mass is 271 g/mol. The molecule has 1 aromatic heterocycles. The van der Waals surface area contributed by atoms with Crippen LogP contribution in [0.5, 0.6) is 0 Å². The van der Waals surface area contributed by atoms with E-state index >= 15 is 0 Å². The number of hydrogen-bond acceptors (Lipinski definition) is 2. The van der Waals surface area contributed by atoms with E-state index in [2.05, 4.69) is 4.98 Å².